The second-order valence-electron chi connectivity index (χ2n) is 8.56. The monoisotopic (exact) mass is 448 g/mol. The number of carbonyl (C=O) groups excluding carboxylic acids is 1. The third-order valence-corrected chi connectivity index (χ3v) is 6.75. The molecule has 1 saturated heterocycles. The molecule has 32 heavy (non-hydrogen) atoms. The second kappa shape index (κ2) is 8.57. The molecular formula is C26H25ClN2O3. The normalized spacial score (nSPS) is 17.2. The third kappa shape index (κ3) is 3.65. The molecule has 6 heteroatoms. The number of nitrogens with zero attached hydrogens (tertiary/aromatic N) is 2. The van der Waals surface area contributed by atoms with E-state index in [0.29, 0.717) is 54.0 Å². The van der Waals surface area contributed by atoms with Crippen molar-refractivity contribution in [2.75, 3.05) is 26.8 Å². The van der Waals surface area contributed by atoms with Gasteiger partial charge in [-0.05, 0) is 42.2 Å². The molecule has 1 atom stereocenters. The van der Waals surface area contributed by atoms with E-state index in [2.05, 4.69) is 0 Å². The minimum Gasteiger partial charge on any atom is -0.384 e. The lowest BCUT2D eigenvalue weighted by Crippen LogP contribution is -2.34. The first-order valence-corrected chi connectivity index (χ1v) is 11.3. The van der Waals surface area contributed by atoms with E-state index in [4.69, 9.17) is 16.3 Å². The van der Waals surface area contributed by atoms with Crippen LogP contribution in [-0.2, 0) is 17.7 Å². The van der Waals surface area contributed by atoms with Gasteiger partial charge in [0.05, 0.1) is 17.9 Å². The summed E-state index contributed by atoms with van der Waals surface area (Å²) in [5.41, 5.74) is 4.51. The molecular weight excluding hydrogens is 424 g/mol. The molecule has 2 aromatic carbocycles. The Balaban J connectivity index is 1.70. The Hall–Kier alpha value is -2.89. The molecule has 3 heterocycles. The van der Waals surface area contributed by atoms with Crippen LogP contribution in [-0.4, -0.2) is 42.2 Å². The molecule has 5 nitrogen and oxygen atoms in total. The van der Waals surface area contributed by atoms with Crippen LogP contribution in [0.15, 0.2) is 59.4 Å². The van der Waals surface area contributed by atoms with Gasteiger partial charge in [0.25, 0.3) is 11.5 Å². The summed E-state index contributed by atoms with van der Waals surface area (Å²) in [4.78, 5) is 29.2. The lowest BCUT2D eigenvalue weighted by Gasteiger charge is -2.27. The summed E-state index contributed by atoms with van der Waals surface area (Å²) >= 11 is 6.33. The highest BCUT2D eigenvalue weighted by Gasteiger charge is 2.32. The molecule has 0 bridgehead atoms. The lowest BCUT2D eigenvalue weighted by atomic mass is 9.92. The zero-order valence-electron chi connectivity index (χ0n) is 18.0. The Labute approximate surface area is 192 Å². The van der Waals surface area contributed by atoms with Gasteiger partial charge in [0.15, 0.2) is 0 Å². The van der Waals surface area contributed by atoms with Gasteiger partial charge in [-0.25, -0.2) is 0 Å². The number of rotatable bonds is 4. The first-order valence-electron chi connectivity index (χ1n) is 11.0. The third-order valence-electron chi connectivity index (χ3n) is 6.51. The van der Waals surface area contributed by atoms with Gasteiger partial charge in [-0.2, -0.15) is 0 Å². The summed E-state index contributed by atoms with van der Waals surface area (Å²) in [7, 11) is 1.69. The fraction of sp³-hybridized carbons (Fsp3) is 0.308. The van der Waals surface area contributed by atoms with Gasteiger partial charge < -0.3 is 14.2 Å². The molecule has 1 amide bonds. The zero-order valence-corrected chi connectivity index (χ0v) is 18.8. The molecule has 164 valence electrons. The topological polar surface area (TPSA) is 51.5 Å². The number of methoxy groups -OCH3 is 1. The van der Waals surface area contributed by atoms with Crippen LogP contribution >= 0.6 is 11.6 Å². The number of carbonyl (C=O) groups is 1. The van der Waals surface area contributed by atoms with Gasteiger partial charge in [-0.15, -0.1) is 0 Å². The molecule has 1 aromatic heterocycles. The van der Waals surface area contributed by atoms with E-state index in [1.807, 2.05) is 53.4 Å². The second-order valence-corrected chi connectivity index (χ2v) is 8.99. The van der Waals surface area contributed by atoms with Gasteiger partial charge in [0.1, 0.15) is 0 Å². The number of hydrogen-bond acceptors (Lipinski definition) is 3. The predicted octanol–water partition coefficient (Wildman–Crippen LogP) is 4.50. The van der Waals surface area contributed by atoms with Crippen LogP contribution < -0.4 is 5.56 Å². The van der Waals surface area contributed by atoms with Crippen LogP contribution in [0.2, 0.25) is 5.02 Å². The van der Waals surface area contributed by atoms with Crippen molar-refractivity contribution in [2.45, 2.75) is 19.4 Å². The first kappa shape index (κ1) is 21.0. The van der Waals surface area contributed by atoms with Crippen LogP contribution in [0.4, 0.5) is 0 Å². The number of hydrogen-bond donors (Lipinski definition) is 0. The van der Waals surface area contributed by atoms with Crippen molar-refractivity contribution in [3.8, 4) is 22.4 Å². The molecule has 1 fully saturated rings. The van der Waals surface area contributed by atoms with E-state index in [1.165, 1.54) is 0 Å². The summed E-state index contributed by atoms with van der Waals surface area (Å²) in [6, 6.07) is 17.1. The van der Waals surface area contributed by atoms with Crippen molar-refractivity contribution in [2.24, 2.45) is 5.92 Å². The van der Waals surface area contributed by atoms with Gasteiger partial charge >= 0.3 is 0 Å². The number of halogens is 1. The minimum absolute atomic E-state index is 0.0441. The van der Waals surface area contributed by atoms with Crippen molar-refractivity contribution in [1.29, 1.82) is 0 Å². The number of aryl methyl sites for hydroxylation is 1. The van der Waals surface area contributed by atoms with Crippen molar-refractivity contribution in [3.05, 3.63) is 81.1 Å². The van der Waals surface area contributed by atoms with Crippen molar-refractivity contribution in [1.82, 2.24) is 9.47 Å². The van der Waals surface area contributed by atoms with E-state index in [-0.39, 0.29) is 11.5 Å². The highest BCUT2D eigenvalue weighted by Crippen LogP contribution is 2.36. The van der Waals surface area contributed by atoms with E-state index >= 15 is 0 Å². The van der Waals surface area contributed by atoms with Crippen molar-refractivity contribution < 1.29 is 9.53 Å². The van der Waals surface area contributed by atoms with Crippen LogP contribution in [0.25, 0.3) is 22.4 Å². The molecule has 3 aromatic rings. The average molecular weight is 449 g/mol. The highest BCUT2D eigenvalue weighted by atomic mass is 35.5. The number of likely N-dealkylation sites (tertiary alicyclic amines) is 1. The highest BCUT2D eigenvalue weighted by molar-refractivity contribution is 6.31. The summed E-state index contributed by atoms with van der Waals surface area (Å²) in [6.45, 7) is 2.53. The van der Waals surface area contributed by atoms with Crippen LogP contribution in [0.5, 0.6) is 0 Å². The standard InChI is InChI=1S/C26H25ClN2O3/c1-32-16-17-9-11-28(15-17)25(30)23-14-22(18-5-3-2-4-6-18)26(31)29-12-10-19-7-8-20(27)13-21(19)24(23)29/h2-8,13-14,17H,9-12,15-16H2,1H3/t17-/m0/s1. The Morgan fingerprint density at radius 1 is 1.09 bits per heavy atom. The predicted molar refractivity (Wildman–Crippen MR) is 126 cm³/mol. The smallest absolute Gasteiger partial charge is 0.258 e. The quantitative estimate of drug-likeness (QED) is 0.590. The Bertz CT molecular complexity index is 1240. The molecule has 2 aliphatic rings. The van der Waals surface area contributed by atoms with Crippen LogP contribution in [0.1, 0.15) is 22.3 Å². The maximum atomic E-state index is 13.8. The van der Waals surface area contributed by atoms with Gasteiger partial charge in [-0.1, -0.05) is 48.0 Å². The number of pyridine rings is 1. The molecule has 5 rings (SSSR count). The number of fused-ring (bicyclic) bond motifs is 3. The minimum atomic E-state index is -0.0768. The maximum Gasteiger partial charge on any atom is 0.258 e. The van der Waals surface area contributed by atoms with Gasteiger partial charge in [0.2, 0.25) is 0 Å². The molecule has 0 unspecified atom stereocenters. The van der Waals surface area contributed by atoms with Gasteiger partial charge in [0, 0.05) is 48.8 Å². The summed E-state index contributed by atoms with van der Waals surface area (Å²) < 4.78 is 7.07. The van der Waals surface area contributed by atoms with Crippen molar-refractivity contribution >= 4 is 17.5 Å². The fourth-order valence-corrected chi connectivity index (χ4v) is 5.11. The van der Waals surface area contributed by atoms with Crippen LogP contribution in [0.3, 0.4) is 0 Å². The number of aromatic nitrogens is 1. The Morgan fingerprint density at radius 3 is 2.69 bits per heavy atom. The SMILES string of the molecule is COC[C@H]1CCN(C(=O)c2cc(-c3ccccc3)c(=O)n3c2-c2cc(Cl)ccc2CC3)C1. The molecule has 2 aliphatic heterocycles. The number of amides is 1. The molecule has 0 saturated carbocycles. The summed E-state index contributed by atoms with van der Waals surface area (Å²) in [6.07, 6.45) is 1.65. The molecule has 0 radical (unpaired) electrons. The van der Waals surface area contributed by atoms with E-state index in [0.717, 1.165) is 29.5 Å². The largest absolute Gasteiger partial charge is 0.384 e. The molecule has 0 spiro atoms. The Kier molecular flexibility index (Phi) is 5.62. The first-order chi connectivity index (χ1) is 15.6. The number of ether oxygens (including phenoxy) is 1. The van der Waals surface area contributed by atoms with Crippen LogP contribution in [0, 0.1) is 5.92 Å². The summed E-state index contributed by atoms with van der Waals surface area (Å²) in [5, 5.41) is 0.594. The zero-order chi connectivity index (χ0) is 22.2. The van der Waals surface area contributed by atoms with Gasteiger partial charge in [-0.3, -0.25) is 9.59 Å². The lowest BCUT2D eigenvalue weighted by molar-refractivity contribution is 0.0775. The van der Waals surface area contributed by atoms with E-state index in [9.17, 15) is 9.59 Å². The molecule has 0 N–H and O–H groups in total. The molecule has 0 aliphatic carbocycles. The van der Waals surface area contributed by atoms with Crippen molar-refractivity contribution in [3.63, 3.8) is 0 Å². The average Bonchev–Trinajstić information content (AvgIpc) is 3.28. The Morgan fingerprint density at radius 2 is 1.91 bits per heavy atom. The maximum absolute atomic E-state index is 13.8. The fourth-order valence-electron chi connectivity index (χ4n) is 4.94. The van der Waals surface area contributed by atoms with E-state index < -0.39 is 0 Å². The summed E-state index contributed by atoms with van der Waals surface area (Å²) in [5.74, 6) is 0.291. The number of benzene rings is 2. The van der Waals surface area contributed by atoms with E-state index in [1.54, 1.807) is 17.7 Å².